The van der Waals surface area contributed by atoms with Crippen LogP contribution in [0.3, 0.4) is 0 Å². The molecular formula is C15H16N2O4S. The fourth-order valence-electron chi connectivity index (χ4n) is 1.61. The summed E-state index contributed by atoms with van der Waals surface area (Å²) in [6.07, 6.45) is 0. The van der Waals surface area contributed by atoms with Gasteiger partial charge in [0, 0.05) is 12.4 Å². The van der Waals surface area contributed by atoms with Crippen LogP contribution in [-0.4, -0.2) is 30.5 Å². The Balaban J connectivity index is 1.86. The monoisotopic (exact) mass is 320 g/mol. The van der Waals surface area contributed by atoms with E-state index in [1.165, 1.54) is 7.05 Å². The molecule has 116 valence electrons. The molecule has 1 amide bonds. The molecule has 0 radical (unpaired) electrons. The number of hydrogen-bond acceptors (Lipinski definition) is 6. The molecule has 0 spiro atoms. The van der Waals surface area contributed by atoms with Crippen molar-refractivity contribution in [3.8, 4) is 5.75 Å². The van der Waals surface area contributed by atoms with Gasteiger partial charge in [0.05, 0.1) is 16.3 Å². The molecule has 0 saturated heterocycles. The summed E-state index contributed by atoms with van der Waals surface area (Å²) in [5, 5.41) is 5.31. The number of carbonyl (C=O) groups is 2. The number of likely N-dealkylation sites (N-methyl/N-ethyl adjacent to an activating group) is 1. The average molecular weight is 320 g/mol. The summed E-state index contributed by atoms with van der Waals surface area (Å²) < 4.78 is 10.4. The SMILES string of the molecule is CNC(=O)COC(=O)c1ccc(OCc2csc(C)n2)cc1. The van der Waals surface area contributed by atoms with Crippen LogP contribution in [0, 0.1) is 6.92 Å². The third-order valence-corrected chi connectivity index (χ3v) is 3.58. The van der Waals surface area contributed by atoms with Crippen molar-refractivity contribution in [2.75, 3.05) is 13.7 Å². The molecule has 0 saturated carbocycles. The number of ether oxygens (including phenoxy) is 2. The standard InChI is InChI=1S/C15H16N2O4S/c1-10-17-12(9-22-10)7-20-13-5-3-11(4-6-13)15(19)21-8-14(18)16-2/h3-6,9H,7-8H2,1-2H3,(H,16,18). The molecular weight excluding hydrogens is 304 g/mol. The van der Waals surface area contributed by atoms with Gasteiger partial charge in [0.1, 0.15) is 12.4 Å². The van der Waals surface area contributed by atoms with Crippen molar-refractivity contribution in [3.05, 3.63) is 45.9 Å². The van der Waals surface area contributed by atoms with Gasteiger partial charge >= 0.3 is 5.97 Å². The van der Waals surface area contributed by atoms with E-state index >= 15 is 0 Å². The molecule has 22 heavy (non-hydrogen) atoms. The van der Waals surface area contributed by atoms with Crippen LogP contribution in [0.15, 0.2) is 29.6 Å². The number of thiazole rings is 1. The lowest BCUT2D eigenvalue weighted by molar-refractivity contribution is -0.123. The summed E-state index contributed by atoms with van der Waals surface area (Å²) in [4.78, 5) is 27.0. The number of esters is 1. The number of rotatable bonds is 6. The van der Waals surface area contributed by atoms with Crippen LogP contribution in [0.25, 0.3) is 0 Å². The summed E-state index contributed by atoms with van der Waals surface area (Å²) in [6, 6.07) is 6.53. The Kier molecular flexibility index (Phi) is 5.48. The zero-order valence-electron chi connectivity index (χ0n) is 12.3. The zero-order valence-corrected chi connectivity index (χ0v) is 13.1. The molecule has 0 bridgehead atoms. The Morgan fingerprint density at radius 3 is 2.59 bits per heavy atom. The topological polar surface area (TPSA) is 77.5 Å². The van der Waals surface area contributed by atoms with Crippen LogP contribution in [0.4, 0.5) is 0 Å². The van der Waals surface area contributed by atoms with Crippen LogP contribution >= 0.6 is 11.3 Å². The molecule has 0 aliphatic carbocycles. The van der Waals surface area contributed by atoms with Gasteiger partial charge in [0.15, 0.2) is 6.61 Å². The maximum atomic E-state index is 11.7. The number of aromatic nitrogens is 1. The highest BCUT2D eigenvalue weighted by atomic mass is 32.1. The van der Waals surface area contributed by atoms with Crippen LogP contribution in [0.1, 0.15) is 21.1 Å². The van der Waals surface area contributed by atoms with Crippen molar-refractivity contribution in [3.63, 3.8) is 0 Å². The Labute approximate surface area is 132 Å². The number of nitrogens with zero attached hydrogens (tertiary/aromatic N) is 1. The molecule has 7 heteroatoms. The van der Waals surface area contributed by atoms with E-state index in [0.29, 0.717) is 17.9 Å². The van der Waals surface area contributed by atoms with Gasteiger partial charge in [-0.05, 0) is 31.2 Å². The predicted octanol–water partition coefficient (Wildman–Crippen LogP) is 1.93. The van der Waals surface area contributed by atoms with E-state index in [2.05, 4.69) is 10.3 Å². The van der Waals surface area contributed by atoms with E-state index in [1.807, 2.05) is 12.3 Å². The van der Waals surface area contributed by atoms with Gasteiger partial charge in [-0.2, -0.15) is 0 Å². The Bertz CT molecular complexity index is 652. The van der Waals surface area contributed by atoms with Crippen LogP contribution in [-0.2, 0) is 16.1 Å². The van der Waals surface area contributed by atoms with Gasteiger partial charge in [-0.3, -0.25) is 4.79 Å². The van der Waals surface area contributed by atoms with Crippen molar-refractivity contribution in [1.29, 1.82) is 0 Å². The van der Waals surface area contributed by atoms with Gasteiger partial charge in [-0.1, -0.05) is 0 Å². The number of amides is 1. The van der Waals surface area contributed by atoms with E-state index in [4.69, 9.17) is 9.47 Å². The lowest BCUT2D eigenvalue weighted by atomic mass is 10.2. The smallest absolute Gasteiger partial charge is 0.338 e. The summed E-state index contributed by atoms with van der Waals surface area (Å²) in [5.74, 6) is -0.273. The van der Waals surface area contributed by atoms with Gasteiger partial charge in [0.25, 0.3) is 5.91 Å². The second-order valence-electron chi connectivity index (χ2n) is 4.42. The second kappa shape index (κ2) is 7.56. The van der Waals surface area contributed by atoms with Crippen molar-refractivity contribution < 1.29 is 19.1 Å². The Morgan fingerprint density at radius 2 is 2.00 bits per heavy atom. The van der Waals surface area contributed by atoms with E-state index < -0.39 is 5.97 Å². The van der Waals surface area contributed by atoms with Crippen molar-refractivity contribution in [1.82, 2.24) is 10.3 Å². The summed E-state index contributed by atoms with van der Waals surface area (Å²) in [5.41, 5.74) is 1.23. The fraction of sp³-hybridized carbons (Fsp3) is 0.267. The molecule has 0 atom stereocenters. The summed E-state index contributed by atoms with van der Waals surface area (Å²) >= 11 is 1.57. The molecule has 1 aromatic heterocycles. The number of carbonyl (C=O) groups excluding carboxylic acids is 2. The molecule has 0 aliphatic heterocycles. The molecule has 1 N–H and O–H groups in total. The molecule has 0 unspecified atom stereocenters. The van der Waals surface area contributed by atoms with Crippen LogP contribution in [0.2, 0.25) is 0 Å². The first-order chi connectivity index (χ1) is 10.6. The van der Waals surface area contributed by atoms with Gasteiger partial charge in [-0.15, -0.1) is 11.3 Å². The Morgan fingerprint density at radius 1 is 1.27 bits per heavy atom. The van der Waals surface area contributed by atoms with Crippen molar-refractivity contribution in [2.45, 2.75) is 13.5 Å². The molecule has 1 heterocycles. The first kappa shape index (κ1) is 16.0. The second-order valence-corrected chi connectivity index (χ2v) is 5.48. The minimum absolute atomic E-state index is 0.295. The summed E-state index contributed by atoms with van der Waals surface area (Å²) in [6.45, 7) is 2.02. The highest BCUT2D eigenvalue weighted by Crippen LogP contribution is 2.16. The first-order valence-electron chi connectivity index (χ1n) is 6.60. The van der Waals surface area contributed by atoms with Gasteiger partial charge < -0.3 is 14.8 Å². The average Bonchev–Trinajstić information content (AvgIpc) is 2.96. The van der Waals surface area contributed by atoms with E-state index in [-0.39, 0.29) is 12.5 Å². The van der Waals surface area contributed by atoms with Gasteiger partial charge in [-0.25, -0.2) is 9.78 Å². The molecule has 6 nitrogen and oxygen atoms in total. The van der Waals surface area contributed by atoms with Crippen LogP contribution < -0.4 is 10.1 Å². The third kappa shape index (κ3) is 4.56. The summed E-state index contributed by atoms with van der Waals surface area (Å²) in [7, 11) is 1.48. The van der Waals surface area contributed by atoms with E-state index in [0.717, 1.165) is 10.7 Å². The number of nitrogens with one attached hydrogen (secondary N) is 1. The largest absolute Gasteiger partial charge is 0.487 e. The quantitative estimate of drug-likeness (QED) is 0.823. The number of hydrogen-bond donors (Lipinski definition) is 1. The lowest BCUT2D eigenvalue weighted by Crippen LogP contribution is -2.25. The highest BCUT2D eigenvalue weighted by Gasteiger charge is 2.09. The fourth-order valence-corrected chi connectivity index (χ4v) is 2.20. The maximum absolute atomic E-state index is 11.7. The van der Waals surface area contributed by atoms with Gasteiger partial charge in [0.2, 0.25) is 0 Å². The normalized spacial score (nSPS) is 10.1. The Hall–Kier alpha value is -2.41. The van der Waals surface area contributed by atoms with Crippen molar-refractivity contribution >= 4 is 23.2 Å². The molecule has 1 aromatic carbocycles. The maximum Gasteiger partial charge on any atom is 0.338 e. The van der Waals surface area contributed by atoms with E-state index in [9.17, 15) is 9.59 Å². The third-order valence-electron chi connectivity index (χ3n) is 2.76. The molecule has 0 fully saturated rings. The number of aryl methyl sites for hydroxylation is 1. The molecule has 2 rings (SSSR count). The number of benzene rings is 1. The predicted molar refractivity (Wildman–Crippen MR) is 82.0 cm³/mol. The van der Waals surface area contributed by atoms with E-state index in [1.54, 1.807) is 35.6 Å². The first-order valence-corrected chi connectivity index (χ1v) is 7.48. The lowest BCUT2D eigenvalue weighted by Gasteiger charge is -2.06. The van der Waals surface area contributed by atoms with Crippen molar-refractivity contribution in [2.24, 2.45) is 0 Å². The highest BCUT2D eigenvalue weighted by molar-refractivity contribution is 7.09. The van der Waals surface area contributed by atoms with Crippen LogP contribution in [0.5, 0.6) is 5.75 Å². The minimum Gasteiger partial charge on any atom is -0.487 e. The zero-order chi connectivity index (χ0) is 15.9. The molecule has 0 aliphatic rings. The molecule has 2 aromatic rings. The minimum atomic E-state index is -0.551.